The van der Waals surface area contributed by atoms with Crippen LogP contribution in [0.5, 0.6) is 11.5 Å². The number of unbranched alkanes of at least 4 members (excludes halogenated alkanes) is 1. The lowest BCUT2D eigenvalue weighted by molar-refractivity contribution is 0.0940. The maximum atomic E-state index is 13.2. The van der Waals surface area contributed by atoms with Crippen molar-refractivity contribution in [1.82, 2.24) is 14.9 Å². The zero-order chi connectivity index (χ0) is 22.2. The molecule has 0 radical (unpaired) electrons. The van der Waals surface area contributed by atoms with Gasteiger partial charge in [-0.2, -0.15) is 0 Å². The summed E-state index contributed by atoms with van der Waals surface area (Å²) < 4.78 is 13.4. The molecular weight excluding hydrogens is 414 g/mol. The topological polar surface area (TPSA) is 65.4 Å². The maximum absolute atomic E-state index is 13.2. The van der Waals surface area contributed by atoms with Crippen molar-refractivity contribution in [2.75, 3.05) is 13.2 Å². The maximum Gasteiger partial charge on any atom is 0.252 e. The van der Waals surface area contributed by atoms with Crippen molar-refractivity contribution in [3.8, 4) is 11.5 Å². The molecule has 3 rings (SSSR count). The Bertz CT molecular complexity index is 1000. The number of imidazole rings is 1. The quantitative estimate of drug-likeness (QED) is 0.441. The van der Waals surface area contributed by atoms with Crippen LogP contribution in [0.4, 0.5) is 0 Å². The average molecular weight is 442 g/mol. The SMILES string of the molecule is CCCCOc1ccc(C(=O)N[C@H](c2ccc(Cl)cc2)c2nccn2C)cc1OCC. The molecule has 3 aromatic rings. The monoisotopic (exact) mass is 441 g/mol. The zero-order valence-electron chi connectivity index (χ0n) is 18.1. The standard InChI is InChI=1S/C24H28ClN3O3/c1-4-6-15-31-20-12-9-18(16-21(20)30-5-2)24(29)27-22(23-26-13-14-28(23)3)17-7-10-19(25)11-8-17/h7-14,16,22H,4-6,15H2,1-3H3,(H,27,29)/t22-/m1/s1. The van der Waals surface area contributed by atoms with Gasteiger partial charge >= 0.3 is 0 Å². The number of nitrogens with one attached hydrogen (secondary N) is 1. The predicted octanol–water partition coefficient (Wildman–Crippen LogP) is 5.17. The van der Waals surface area contributed by atoms with Gasteiger partial charge in [-0.25, -0.2) is 4.98 Å². The van der Waals surface area contributed by atoms with Gasteiger partial charge in [0.1, 0.15) is 11.9 Å². The Balaban J connectivity index is 1.86. The van der Waals surface area contributed by atoms with Gasteiger partial charge in [0.25, 0.3) is 5.91 Å². The number of carbonyl (C=O) groups is 1. The Kier molecular flexibility index (Phi) is 7.95. The molecule has 1 atom stereocenters. The van der Waals surface area contributed by atoms with E-state index in [1.165, 1.54) is 0 Å². The first kappa shape index (κ1) is 22.7. The van der Waals surface area contributed by atoms with E-state index >= 15 is 0 Å². The van der Waals surface area contributed by atoms with Crippen molar-refractivity contribution in [2.45, 2.75) is 32.7 Å². The molecule has 1 heterocycles. The molecule has 31 heavy (non-hydrogen) atoms. The van der Waals surface area contributed by atoms with E-state index in [-0.39, 0.29) is 5.91 Å². The summed E-state index contributed by atoms with van der Waals surface area (Å²) in [5.74, 6) is 1.70. The van der Waals surface area contributed by atoms with E-state index in [1.54, 1.807) is 36.5 Å². The second-order valence-electron chi connectivity index (χ2n) is 7.15. The second kappa shape index (κ2) is 10.9. The number of amides is 1. The number of hydrogen-bond donors (Lipinski definition) is 1. The minimum Gasteiger partial charge on any atom is -0.490 e. The van der Waals surface area contributed by atoms with Crippen molar-refractivity contribution in [3.63, 3.8) is 0 Å². The van der Waals surface area contributed by atoms with Crippen LogP contribution in [0.25, 0.3) is 0 Å². The molecule has 0 saturated heterocycles. The zero-order valence-corrected chi connectivity index (χ0v) is 18.9. The molecular formula is C24H28ClN3O3. The van der Waals surface area contributed by atoms with Gasteiger partial charge in [-0.1, -0.05) is 37.1 Å². The average Bonchev–Trinajstić information content (AvgIpc) is 3.19. The lowest BCUT2D eigenvalue weighted by atomic mass is 10.1. The van der Waals surface area contributed by atoms with Crippen LogP contribution in [0.15, 0.2) is 54.9 Å². The van der Waals surface area contributed by atoms with Gasteiger partial charge in [0.15, 0.2) is 11.5 Å². The fourth-order valence-corrected chi connectivity index (χ4v) is 3.31. The molecule has 6 nitrogen and oxygen atoms in total. The molecule has 0 saturated carbocycles. The van der Waals surface area contributed by atoms with E-state index in [1.807, 2.05) is 36.9 Å². The number of benzene rings is 2. The molecule has 0 aliphatic heterocycles. The van der Waals surface area contributed by atoms with Crippen LogP contribution in [0, 0.1) is 0 Å². The summed E-state index contributed by atoms with van der Waals surface area (Å²) in [6.07, 6.45) is 5.56. The number of halogens is 1. The third-order valence-electron chi connectivity index (χ3n) is 4.86. The number of ether oxygens (including phenoxy) is 2. The van der Waals surface area contributed by atoms with Crippen molar-refractivity contribution in [1.29, 1.82) is 0 Å². The summed E-state index contributed by atoms with van der Waals surface area (Å²) >= 11 is 6.05. The summed E-state index contributed by atoms with van der Waals surface area (Å²) in [6, 6.07) is 12.2. The van der Waals surface area contributed by atoms with E-state index in [9.17, 15) is 4.79 Å². The number of nitrogens with zero attached hydrogens (tertiary/aromatic N) is 2. The Labute approximate surface area is 188 Å². The first-order chi connectivity index (χ1) is 15.0. The highest BCUT2D eigenvalue weighted by atomic mass is 35.5. The van der Waals surface area contributed by atoms with Crippen LogP contribution >= 0.6 is 11.6 Å². The third-order valence-corrected chi connectivity index (χ3v) is 5.11. The van der Waals surface area contributed by atoms with Crippen LogP contribution in [0.1, 0.15) is 54.5 Å². The van der Waals surface area contributed by atoms with Crippen LogP contribution in [0.3, 0.4) is 0 Å². The van der Waals surface area contributed by atoms with E-state index < -0.39 is 6.04 Å². The lowest BCUT2D eigenvalue weighted by Gasteiger charge is -2.20. The highest BCUT2D eigenvalue weighted by Crippen LogP contribution is 2.29. The first-order valence-corrected chi connectivity index (χ1v) is 10.8. The smallest absolute Gasteiger partial charge is 0.252 e. The predicted molar refractivity (Wildman–Crippen MR) is 122 cm³/mol. The normalized spacial score (nSPS) is 11.7. The second-order valence-corrected chi connectivity index (χ2v) is 7.59. The third kappa shape index (κ3) is 5.79. The Hall–Kier alpha value is -2.99. The molecule has 0 unspecified atom stereocenters. The van der Waals surface area contributed by atoms with Crippen molar-refractivity contribution < 1.29 is 14.3 Å². The number of aromatic nitrogens is 2. The van der Waals surface area contributed by atoms with Gasteiger partial charge in [0.2, 0.25) is 0 Å². The minimum absolute atomic E-state index is 0.232. The summed E-state index contributed by atoms with van der Waals surface area (Å²) in [6.45, 7) is 5.11. The first-order valence-electron chi connectivity index (χ1n) is 10.5. The van der Waals surface area contributed by atoms with Gasteiger partial charge in [-0.3, -0.25) is 4.79 Å². The molecule has 1 N–H and O–H groups in total. The van der Waals surface area contributed by atoms with Gasteiger partial charge < -0.3 is 19.4 Å². The molecule has 0 spiro atoms. The molecule has 1 aromatic heterocycles. The van der Waals surface area contributed by atoms with E-state index in [0.29, 0.717) is 35.3 Å². The summed E-state index contributed by atoms with van der Waals surface area (Å²) in [4.78, 5) is 17.6. The minimum atomic E-state index is -0.430. The largest absolute Gasteiger partial charge is 0.490 e. The molecule has 7 heteroatoms. The molecule has 0 aliphatic carbocycles. The highest BCUT2D eigenvalue weighted by Gasteiger charge is 2.22. The van der Waals surface area contributed by atoms with Crippen LogP contribution in [0.2, 0.25) is 5.02 Å². The van der Waals surface area contributed by atoms with E-state index in [4.69, 9.17) is 21.1 Å². The van der Waals surface area contributed by atoms with Crippen LogP contribution < -0.4 is 14.8 Å². The highest BCUT2D eigenvalue weighted by molar-refractivity contribution is 6.30. The molecule has 164 valence electrons. The van der Waals surface area contributed by atoms with Crippen LogP contribution in [-0.4, -0.2) is 28.7 Å². The lowest BCUT2D eigenvalue weighted by Crippen LogP contribution is -2.31. The van der Waals surface area contributed by atoms with Crippen molar-refractivity contribution in [3.05, 3.63) is 76.8 Å². The molecule has 2 aromatic carbocycles. The summed E-state index contributed by atoms with van der Waals surface area (Å²) in [5.41, 5.74) is 1.37. The number of rotatable bonds is 10. The van der Waals surface area contributed by atoms with Gasteiger partial charge in [0, 0.05) is 30.0 Å². The summed E-state index contributed by atoms with van der Waals surface area (Å²) in [7, 11) is 1.90. The van der Waals surface area contributed by atoms with Crippen LogP contribution in [-0.2, 0) is 7.05 Å². The Morgan fingerprint density at radius 2 is 1.90 bits per heavy atom. The van der Waals surface area contributed by atoms with E-state index in [0.717, 1.165) is 24.2 Å². The fraction of sp³-hybridized carbons (Fsp3) is 0.333. The Morgan fingerprint density at radius 1 is 1.13 bits per heavy atom. The van der Waals surface area contributed by atoms with Gasteiger partial charge in [-0.15, -0.1) is 0 Å². The number of carbonyl (C=O) groups excluding carboxylic acids is 1. The van der Waals surface area contributed by atoms with Gasteiger partial charge in [-0.05, 0) is 49.2 Å². The van der Waals surface area contributed by atoms with Crippen molar-refractivity contribution in [2.24, 2.45) is 7.05 Å². The molecule has 0 fully saturated rings. The number of hydrogen-bond acceptors (Lipinski definition) is 4. The number of aryl methyl sites for hydroxylation is 1. The van der Waals surface area contributed by atoms with Gasteiger partial charge in [0.05, 0.1) is 13.2 Å². The Morgan fingerprint density at radius 3 is 2.55 bits per heavy atom. The molecule has 0 aliphatic rings. The van der Waals surface area contributed by atoms with E-state index in [2.05, 4.69) is 17.2 Å². The summed E-state index contributed by atoms with van der Waals surface area (Å²) in [5, 5.41) is 3.72. The van der Waals surface area contributed by atoms with Crippen molar-refractivity contribution >= 4 is 17.5 Å². The molecule has 0 bridgehead atoms. The molecule has 1 amide bonds. The fourth-order valence-electron chi connectivity index (χ4n) is 3.19.